The third kappa shape index (κ3) is 3.04. The monoisotopic (exact) mass is 365 g/mol. The molecule has 0 aliphatic carbocycles. The maximum absolute atomic E-state index is 13.8. The first-order valence-corrected chi connectivity index (χ1v) is 9.47. The molecule has 0 saturated carbocycles. The second-order valence-corrected chi connectivity index (χ2v) is 8.10. The van der Waals surface area contributed by atoms with Crippen LogP contribution in [0.4, 0.5) is 4.39 Å². The zero-order chi connectivity index (χ0) is 17.5. The zero-order valence-electron chi connectivity index (χ0n) is 12.7. The van der Waals surface area contributed by atoms with Crippen molar-refractivity contribution in [1.29, 1.82) is 0 Å². The first-order chi connectivity index (χ1) is 11.3. The Hall–Kier alpha value is -2.26. The third-order valence-corrected chi connectivity index (χ3v) is 5.21. The molecule has 2 aromatic heterocycles. The molecule has 124 valence electrons. The topological polar surface area (TPSA) is 81.9 Å². The Bertz CT molecular complexity index is 1110. The quantitative estimate of drug-likeness (QED) is 0.661. The minimum atomic E-state index is -3.58. The van der Waals surface area contributed by atoms with E-state index in [2.05, 4.69) is 9.97 Å². The van der Waals surface area contributed by atoms with Crippen LogP contribution in [0.2, 0.25) is 0 Å². The number of pyridine rings is 1. The largest absolute Gasteiger partial charge is 0.295 e. The maximum Gasteiger partial charge on any atom is 0.265 e. The summed E-state index contributed by atoms with van der Waals surface area (Å²) in [5.41, 5.74) is -0.192. The van der Waals surface area contributed by atoms with Gasteiger partial charge in [-0.3, -0.25) is 9.36 Å². The van der Waals surface area contributed by atoms with E-state index >= 15 is 0 Å². The molecule has 6 nitrogen and oxygen atoms in total. The number of halogens is 1. The second kappa shape index (κ2) is 5.99. The Morgan fingerprint density at radius 2 is 1.92 bits per heavy atom. The van der Waals surface area contributed by atoms with E-state index in [4.69, 9.17) is 0 Å². The maximum atomic E-state index is 13.8. The minimum Gasteiger partial charge on any atom is -0.295 e. The van der Waals surface area contributed by atoms with Crippen molar-refractivity contribution in [3.63, 3.8) is 0 Å². The van der Waals surface area contributed by atoms with E-state index in [-0.39, 0.29) is 10.8 Å². The Morgan fingerprint density at radius 1 is 1.21 bits per heavy atom. The normalized spacial score (nSPS) is 11.8. The number of aromatic nitrogens is 3. The number of rotatable bonds is 3. The van der Waals surface area contributed by atoms with E-state index < -0.39 is 21.2 Å². The van der Waals surface area contributed by atoms with Crippen molar-refractivity contribution >= 4 is 32.6 Å². The predicted octanol–water partition coefficient (Wildman–Crippen LogP) is 2.02. The van der Waals surface area contributed by atoms with Gasteiger partial charge in [0.25, 0.3) is 5.56 Å². The molecule has 0 fully saturated rings. The molecule has 24 heavy (non-hydrogen) atoms. The van der Waals surface area contributed by atoms with Gasteiger partial charge in [0.2, 0.25) is 15.0 Å². The molecule has 0 radical (unpaired) electrons. The molecule has 0 bridgehead atoms. The summed E-state index contributed by atoms with van der Waals surface area (Å²) in [4.78, 5) is 20.9. The zero-order valence-corrected chi connectivity index (χ0v) is 14.4. The average molecular weight is 365 g/mol. The molecular weight excluding hydrogens is 353 g/mol. The van der Waals surface area contributed by atoms with Crippen LogP contribution in [0.25, 0.3) is 11.0 Å². The van der Waals surface area contributed by atoms with Gasteiger partial charge < -0.3 is 0 Å². The highest BCUT2D eigenvalue weighted by Gasteiger charge is 2.16. The van der Waals surface area contributed by atoms with Gasteiger partial charge in [-0.1, -0.05) is 23.9 Å². The van der Waals surface area contributed by atoms with Crippen molar-refractivity contribution in [3.8, 4) is 0 Å². The molecule has 0 N–H and O–H groups in total. The highest BCUT2D eigenvalue weighted by molar-refractivity contribution is 7.99. The smallest absolute Gasteiger partial charge is 0.265 e. The lowest BCUT2D eigenvalue weighted by atomic mass is 10.3. The Morgan fingerprint density at radius 3 is 2.58 bits per heavy atom. The molecule has 2 heterocycles. The van der Waals surface area contributed by atoms with Crippen molar-refractivity contribution in [2.24, 2.45) is 7.05 Å². The van der Waals surface area contributed by atoms with Gasteiger partial charge in [0.1, 0.15) is 11.5 Å². The predicted molar refractivity (Wildman–Crippen MR) is 88.4 cm³/mol. The first-order valence-electron chi connectivity index (χ1n) is 6.76. The van der Waals surface area contributed by atoms with E-state index in [0.717, 1.165) is 18.0 Å². The van der Waals surface area contributed by atoms with Crippen molar-refractivity contribution < 1.29 is 12.8 Å². The summed E-state index contributed by atoms with van der Waals surface area (Å²) in [7, 11) is -2.10. The van der Waals surface area contributed by atoms with Gasteiger partial charge in [-0.05, 0) is 18.2 Å². The number of benzene rings is 1. The second-order valence-electron chi connectivity index (χ2n) is 5.11. The van der Waals surface area contributed by atoms with E-state index in [0.29, 0.717) is 15.2 Å². The van der Waals surface area contributed by atoms with Gasteiger partial charge >= 0.3 is 0 Å². The number of sulfone groups is 1. The van der Waals surface area contributed by atoms with E-state index in [1.807, 2.05) is 0 Å². The van der Waals surface area contributed by atoms with E-state index in [9.17, 15) is 17.6 Å². The summed E-state index contributed by atoms with van der Waals surface area (Å²) in [6.07, 6.45) is 2.33. The lowest BCUT2D eigenvalue weighted by Crippen LogP contribution is -2.20. The lowest BCUT2D eigenvalue weighted by Gasteiger charge is -2.09. The molecular formula is C15H12FN3O3S2. The van der Waals surface area contributed by atoms with Crippen LogP contribution < -0.4 is 5.56 Å². The Balaban J connectivity index is 2.17. The Labute approximate surface area is 141 Å². The molecule has 3 aromatic rings. The van der Waals surface area contributed by atoms with Gasteiger partial charge in [0.15, 0.2) is 0 Å². The summed E-state index contributed by atoms with van der Waals surface area (Å²) in [5, 5.41) is 0.142. The molecule has 0 unspecified atom stereocenters. The van der Waals surface area contributed by atoms with Gasteiger partial charge in [-0.15, -0.1) is 0 Å². The van der Waals surface area contributed by atoms with Crippen LogP contribution in [-0.4, -0.2) is 29.2 Å². The molecule has 1 aromatic carbocycles. The fraction of sp³-hybridized carbons (Fsp3) is 0.133. The van der Waals surface area contributed by atoms with Crippen molar-refractivity contribution in [3.05, 3.63) is 52.7 Å². The fourth-order valence-electron chi connectivity index (χ4n) is 2.10. The number of hydrogen-bond donors (Lipinski definition) is 0. The van der Waals surface area contributed by atoms with E-state index in [1.54, 1.807) is 18.2 Å². The van der Waals surface area contributed by atoms with Crippen LogP contribution in [0.1, 0.15) is 0 Å². The number of hydrogen-bond acceptors (Lipinski definition) is 6. The number of nitrogens with zero attached hydrogens (tertiary/aromatic N) is 3. The number of fused-ring (bicyclic) bond motifs is 1. The summed E-state index contributed by atoms with van der Waals surface area (Å²) in [6.45, 7) is 0. The van der Waals surface area contributed by atoms with Crippen LogP contribution >= 0.6 is 11.8 Å². The lowest BCUT2D eigenvalue weighted by molar-refractivity contribution is 0.593. The van der Waals surface area contributed by atoms with Gasteiger partial charge in [-0.25, -0.2) is 17.8 Å². The van der Waals surface area contributed by atoms with Crippen LogP contribution in [0.5, 0.6) is 0 Å². The fourth-order valence-corrected chi connectivity index (χ4v) is 3.55. The SMILES string of the molecule is Cn1c(=O)c(Sc2ccccc2F)cc2cnc(S(C)(=O)=O)nc21. The first kappa shape index (κ1) is 16.6. The third-order valence-electron chi connectivity index (χ3n) is 3.28. The highest BCUT2D eigenvalue weighted by atomic mass is 32.2. The molecule has 0 aliphatic rings. The summed E-state index contributed by atoms with van der Waals surface area (Å²) in [5.74, 6) is -0.423. The summed E-state index contributed by atoms with van der Waals surface area (Å²) < 4.78 is 38.1. The van der Waals surface area contributed by atoms with Gasteiger partial charge in [0.05, 0.1) is 4.90 Å². The molecule has 0 aliphatic heterocycles. The van der Waals surface area contributed by atoms with Crippen LogP contribution in [-0.2, 0) is 16.9 Å². The van der Waals surface area contributed by atoms with Crippen molar-refractivity contribution in [1.82, 2.24) is 14.5 Å². The standard InChI is InChI=1S/C15H12FN3O3S2/c1-19-13-9(8-17-15(18-13)24(2,21)22)7-12(14(19)20)23-11-6-4-3-5-10(11)16/h3-8H,1-2H3. The van der Waals surface area contributed by atoms with Gasteiger partial charge in [-0.2, -0.15) is 4.98 Å². The average Bonchev–Trinajstić information content (AvgIpc) is 2.53. The van der Waals surface area contributed by atoms with E-state index in [1.165, 1.54) is 29.9 Å². The molecule has 0 atom stereocenters. The Kier molecular flexibility index (Phi) is 4.14. The minimum absolute atomic E-state index is 0.202. The molecule has 0 saturated heterocycles. The highest BCUT2D eigenvalue weighted by Crippen LogP contribution is 2.28. The number of aryl methyl sites for hydroxylation is 1. The molecule has 3 rings (SSSR count). The van der Waals surface area contributed by atoms with Crippen LogP contribution in [0.15, 0.2) is 56.3 Å². The van der Waals surface area contributed by atoms with Crippen LogP contribution in [0, 0.1) is 5.82 Å². The molecule has 0 spiro atoms. The molecule has 9 heteroatoms. The van der Waals surface area contributed by atoms with Crippen molar-refractivity contribution in [2.75, 3.05) is 6.26 Å². The van der Waals surface area contributed by atoms with Crippen molar-refractivity contribution in [2.45, 2.75) is 14.9 Å². The molecule has 0 amide bonds. The summed E-state index contributed by atoms with van der Waals surface area (Å²) in [6, 6.07) is 7.67. The van der Waals surface area contributed by atoms with Gasteiger partial charge in [0, 0.05) is 29.8 Å². The van der Waals surface area contributed by atoms with Crippen LogP contribution in [0.3, 0.4) is 0 Å². The summed E-state index contributed by atoms with van der Waals surface area (Å²) >= 11 is 0.997.